The van der Waals surface area contributed by atoms with Crippen molar-refractivity contribution in [3.05, 3.63) is 63.0 Å². The van der Waals surface area contributed by atoms with Crippen LogP contribution < -0.4 is 15.6 Å². The fourth-order valence-electron chi connectivity index (χ4n) is 2.75. The average Bonchev–Trinajstić information content (AvgIpc) is 3.06. The summed E-state index contributed by atoms with van der Waals surface area (Å²) in [5.74, 6) is -2.21. The van der Waals surface area contributed by atoms with Crippen LogP contribution in [0.1, 0.15) is 15.9 Å². The van der Waals surface area contributed by atoms with E-state index in [4.69, 9.17) is 21.4 Å². The van der Waals surface area contributed by atoms with Crippen LogP contribution in [-0.4, -0.2) is 44.9 Å². The van der Waals surface area contributed by atoms with Gasteiger partial charge in [0.2, 0.25) is 0 Å². The molecule has 9 nitrogen and oxygen atoms in total. The summed E-state index contributed by atoms with van der Waals surface area (Å²) < 4.78 is 7.67. The minimum atomic E-state index is -1.28. The van der Waals surface area contributed by atoms with Crippen molar-refractivity contribution in [2.24, 2.45) is 0 Å². The lowest BCUT2D eigenvalue weighted by molar-refractivity contribution is -0.135. The lowest BCUT2D eigenvalue weighted by Crippen LogP contribution is -2.37. The number of methoxy groups -OCH3 is 1. The Hall–Kier alpha value is -3.46. The smallest absolute Gasteiger partial charge is 0.322 e. The number of carboxylic acids is 1. The number of ether oxygens (including phenoxy) is 1. The van der Waals surface area contributed by atoms with Gasteiger partial charge in [-0.25, -0.2) is 4.68 Å². The Morgan fingerprint density at radius 1 is 1.25 bits per heavy atom. The Balaban J connectivity index is 2.13. The van der Waals surface area contributed by atoms with Gasteiger partial charge in [-0.15, -0.1) is 0 Å². The maximum absolute atomic E-state index is 12.9. The van der Waals surface area contributed by atoms with Crippen LogP contribution in [0.5, 0.6) is 11.5 Å². The maximum Gasteiger partial charge on any atom is 0.322 e. The summed E-state index contributed by atoms with van der Waals surface area (Å²) in [5.41, 5.74) is -0.483. The summed E-state index contributed by atoms with van der Waals surface area (Å²) >= 11 is 6.01. The topological polar surface area (TPSA) is 122 Å². The number of fused-ring (bicyclic) bond motifs is 1. The monoisotopic (exact) mass is 405 g/mol. The van der Waals surface area contributed by atoms with Gasteiger partial charge in [-0.3, -0.25) is 18.9 Å². The highest BCUT2D eigenvalue weighted by molar-refractivity contribution is 6.31. The Morgan fingerprint density at radius 2 is 1.93 bits per heavy atom. The molecule has 0 aliphatic carbocycles. The highest BCUT2D eigenvalue weighted by Gasteiger charge is 2.23. The summed E-state index contributed by atoms with van der Waals surface area (Å²) in [5, 5.41) is 21.5. The van der Waals surface area contributed by atoms with Crippen molar-refractivity contribution in [1.29, 1.82) is 0 Å². The second-order valence-electron chi connectivity index (χ2n) is 5.90. The number of aromatic nitrogens is 2. The van der Waals surface area contributed by atoms with E-state index >= 15 is 0 Å². The maximum atomic E-state index is 12.9. The molecule has 28 heavy (non-hydrogen) atoms. The summed E-state index contributed by atoms with van der Waals surface area (Å²) in [4.78, 5) is 35.9. The molecule has 0 unspecified atom stereocenters. The zero-order valence-corrected chi connectivity index (χ0v) is 15.4. The van der Waals surface area contributed by atoms with Crippen LogP contribution in [0.15, 0.2) is 41.3 Å². The number of carboxylic acid groups (broad SMARTS) is 1. The molecular formula is C18H16ClN3O6. The fourth-order valence-corrected chi connectivity index (χ4v) is 2.95. The Morgan fingerprint density at radius 3 is 2.54 bits per heavy atom. The van der Waals surface area contributed by atoms with E-state index in [9.17, 15) is 19.5 Å². The molecule has 2 heterocycles. The molecule has 10 heteroatoms. The van der Waals surface area contributed by atoms with Crippen LogP contribution in [-0.2, 0) is 11.3 Å². The second kappa shape index (κ2) is 7.65. The van der Waals surface area contributed by atoms with Crippen molar-refractivity contribution in [3.8, 4) is 11.5 Å². The van der Waals surface area contributed by atoms with E-state index < -0.39 is 35.3 Å². The van der Waals surface area contributed by atoms with Crippen LogP contribution >= 0.6 is 11.6 Å². The van der Waals surface area contributed by atoms with Gasteiger partial charge in [-0.1, -0.05) is 23.7 Å². The van der Waals surface area contributed by atoms with E-state index in [2.05, 4.69) is 5.32 Å². The first-order valence-electron chi connectivity index (χ1n) is 8.08. The molecule has 3 N–H and O–H groups in total. The largest absolute Gasteiger partial charge is 0.505 e. The Labute approximate surface area is 163 Å². The lowest BCUT2D eigenvalue weighted by Gasteiger charge is -2.14. The van der Waals surface area contributed by atoms with Crippen molar-refractivity contribution < 1.29 is 24.5 Å². The van der Waals surface area contributed by atoms with Gasteiger partial charge in [0, 0.05) is 6.20 Å². The molecule has 0 saturated carbocycles. The molecule has 0 atom stereocenters. The first-order chi connectivity index (χ1) is 13.3. The van der Waals surface area contributed by atoms with Crippen LogP contribution in [0.4, 0.5) is 0 Å². The molecule has 0 fully saturated rings. The van der Waals surface area contributed by atoms with Crippen LogP contribution in [0, 0.1) is 0 Å². The number of benzene rings is 1. The van der Waals surface area contributed by atoms with Crippen molar-refractivity contribution in [3.63, 3.8) is 0 Å². The molecule has 2 aromatic heterocycles. The number of hydrogen-bond acceptors (Lipinski definition) is 5. The van der Waals surface area contributed by atoms with Gasteiger partial charge < -0.3 is 20.3 Å². The summed E-state index contributed by atoms with van der Waals surface area (Å²) in [6, 6.07) is 8.34. The number of carbonyl (C=O) groups is 2. The molecule has 1 aromatic carbocycles. The lowest BCUT2D eigenvalue weighted by atomic mass is 10.2. The molecule has 0 saturated heterocycles. The van der Waals surface area contributed by atoms with Crippen LogP contribution in [0.3, 0.4) is 0 Å². The molecular weight excluding hydrogens is 390 g/mol. The molecule has 3 aromatic rings. The minimum absolute atomic E-state index is 0.0732. The number of carbonyl (C=O) groups excluding carboxylic acids is 1. The van der Waals surface area contributed by atoms with Crippen molar-refractivity contribution >= 4 is 29.0 Å². The quantitative estimate of drug-likeness (QED) is 0.568. The van der Waals surface area contributed by atoms with E-state index in [1.807, 2.05) is 0 Å². The van der Waals surface area contributed by atoms with E-state index in [1.165, 1.54) is 28.6 Å². The average molecular weight is 406 g/mol. The van der Waals surface area contributed by atoms with Crippen LogP contribution in [0.25, 0.3) is 5.52 Å². The van der Waals surface area contributed by atoms with Crippen molar-refractivity contribution in [2.75, 3.05) is 13.7 Å². The minimum Gasteiger partial charge on any atom is -0.505 e. The number of rotatable bonds is 6. The zero-order valence-electron chi connectivity index (χ0n) is 14.7. The van der Waals surface area contributed by atoms with Crippen molar-refractivity contribution in [2.45, 2.75) is 6.54 Å². The zero-order chi connectivity index (χ0) is 20.4. The third-order valence-corrected chi connectivity index (χ3v) is 4.28. The third kappa shape index (κ3) is 3.65. The predicted molar refractivity (Wildman–Crippen MR) is 100 cm³/mol. The summed E-state index contributed by atoms with van der Waals surface area (Å²) in [6.45, 7) is -0.618. The molecule has 3 rings (SSSR count). The third-order valence-electron chi connectivity index (χ3n) is 4.07. The number of aromatic hydroxyl groups is 1. The second-order valence-corrected chi connectivity index (χ2v) is 6.34. The van der Waals surface area contributed by atoms with Gasteiger partial charge in [0.15, 0.2) is 5.75 Å². The number of amides is 1. The number of halogens is 1. The SMILES string of the molecule is COc1ccc(Cn2c(=O)c(C(=O)NCC(=O)O)c(O)c3cc(Cl)cn32)cc1. The standard InChI is InChI=1S/C18H16ClN3O6/c1-28-12-4-2-10(3-5-12)8-22-18(27)15(17(26)20-7-14(23)24)16(25)13-6-11(19)9-21(13)22/h2-6,9,25H,7-8H2,1H3,(H,20,26)(H,23,24). The van der Waals surface area contributed by atoms with Gasteiger partial charge in [-0.05, 0) is 23.8 Å². The molecule has 1 amide bonds. The molecule has 146 valence electrons. The van der Waals surface area contributed by atoms with Gasteiger partial charge in [0.1, 0.15) is 23.4 Å². The van der Waals surface area contributed by atoms with Gasteiger partial charge in [0.05, 0.1) is 18.7 Å². The summed E-state index contributed by atoms with van der Waals surface area (Å²) in [6.07, 6.45) is 1.43. The van der Waals surface area contributed by atoms with Crippen LogP contribution in [0.2, 0.25) is 5.02 Å². The van der Waals surface area contributed by atoms with Gasteiger partial charge in [-0.2, -0.15) is 0 Å². The van der Waals surface area contributed by atoms with Gasteiger partial charge in [0.25, 0.3) is 11.5 Å². The van der Waals surface area contributed by atoms with E-state index in [0.29, 0.717) is 5.75 Å². The number of hydrogen-bond donors (Lipinski definition) is 3. The van der Waals surface area contributed by atoms with E-state index in [0.717, 1.165) is 5.56 Å². The number of nitrogens with one attached hydrogen (secondary N) is 1. The van der Waals surface area contributed by atoms with Gasteiger partial charge >= 0.3 is 5.97 Å². The molecule has 0 aliphatic heterocycles. The molecule has 0 spiro atoms. The highest BCUT2D eigenvalue weighted by atomic mass is 35.5. The number of nitrogens with zero attached hydrogens (tertiary/aromatic N) is 2. The fraction of sp³-hybridized carbons (Fsp3) is 0.167. The first-order valence-corrected chi connectivity index (χ1v) is 8.46. The highest BCUT2D eigenvalue weighted by Crippen LogP contribution is 2.25. The van der Waals surface area contributed by atoms with E-state index in [1.54, 1.807) is 24.3 Å². The van der Waals surface area contributed by atoms with Crippen molar-refractivity contribution in [1.82, 2.24) is 14.5 Å². The molecule has 0 radical (unpaired) electrons. The summed E-state index contributed by atoms with van der Waals surface area (Å²) in [7, 11) is 1.53. The van der Waals surface area contributed by atoms with E-state index in [-0.39, 0.29) is 17.1 Å². The molecule has 0 aliphatic rings. The first kappa shape index (κ1) is 19.3. The normalized spacial score (nSPS) is 10.8. The Bertz CT molecular complexity index is 1120. The number of aliphatic carboxylic acids is 1. The Kier molecular flexibility index (Phi) is 5.27. The predicted octanol–water partition coefficient (Wildman–Crippen LogP) is 1.33. The molecule has 0 bridgehead atoms.